The minimum absolute atomic E-state index is 0.0600. The van der Waals surface area contributed by atoms with Gasteiger partial charge in [-0.1, -0.05) is 54.1 Å². The summed E-state index contributed by atoms with van der Waals surface area (Å²) in [6.07, 6.45) is -1.97. The van der Waals surface area contributed by atoms with Crippen LogP contribution in [0.15, 0.2) is 79.2 Å². The number of alkyl halides is 6. The van der Waals surface area contributed by atoms with Crippen LogP contribution in [0.3, 0.4) is 0 Å². The molecule has 20 heteroatoms. The molecule has 6 aromatic rings. The number of benzene rings is 2. The summed E-state index contributed by atoms with van der Waals surface area (Å²) >= 11 is 8.05. The molecule has 5 heterocycles. The van der Waals surface area contributed by atoms with Gasteiger partial charge in [0.05, 0.1) is 39.2 Å². The van der Waals surface area contributed by atoms with Crippen LogP contribution in [0.2, 0.25) is 5.02 Å². The minimum Gasteiger partial charge on any atom is -0.491 e. The number of carboxylic acids is 1. The molecule has 1 aliphatic heterocycles. The standard InChI is InChI=1S/C44H42ClF6N7O5S/c1-25-28(10-11-33(39(25)45)61-19-18-57-16-14-56(2)15-17-57)37-38-35(22-52-40(37)29-7-5-8-31-30(29)21-36(54-31)44(49,50)51)64-55-41(38)63-34(42(59)60)20-26-6-3-4-9-32(26)62-23-27-12-13-53-58(27)24-43(46,47)48/h3-13,21-22,26,32,34,54H,14-20,23-24H2,1-2H3,(H,59,60). The van der Waals surface area contributed by atoms with E-state index < -0.39 is 48.7 Å². The maximum atomic E-state index is 14.0. The highest BCUT2D eigenvalue weighted by Gasteiger charge is 2.35. The maximum Gasteiger partial charge on any atom is 0.431 e. The second-order valence-electron chi connectivity index (χ2n) is 15.7. The predicted octanol–water partition coefficient (Wildman–Crippen LogP) is 9.42. The fourth-order valence-electron chi connectivity index (χ4n) is 7.95. The third-order valence-corrected chi connectivity index (χ3v) is 12.6. The summed E-state index contributed by atoms with van der Waals surface area (Å²) in [7, 11) is 2.08. The Kier molecular flexibility index (Phi) is 13.1. The summed E-state index contributed by atoms with van der Waals surface area (Å²) in [6.45, 7) is 5.06. The van der Waals surface area contributed by atoms with Gasteiger partial charge in [0.15, 0.2) is 6.10 Å². The van der Waals surface area contributed by atoms with Crippen LogP contribution in [-0.4, -0.2) is 110 Å². The van der Waals surface area contributed by atoms with Gasteiger partial charge in [-0.3, -0.25) is 14.6 Å². The van der Waals surface area contributed by atoms with Gasteiger partial charge in [0, 0.05) is 79.5 Å². The van der Waals surface area contributed by atoms with Crippen LogP contribution >= 0.6 is 23.1 Å². The van der Waals surface area contributed by atoms with E-state index in [-0.39, 0.29) is 41.2 Å². The smallest absolute Gasteiger partial charge is 0.431 e. The fourth-order valence-corrected chi connectivity index (χ4v) is 8.87. The summed E-state index contributed by atoms with van der Waals surface area (Å²) in [5.41, 5.74) is 1.57. The van der Waals surface area contributed by atoms with Gasteiger partial charge in [0.25, 0.3) is 0 Å². The number of ether oxygens (including phenoxy) is 3. The molecule has 64 heavy (non-hydrogen) atoms. The van der Waals surface area contributed by atoms with Crippen molar-refractivity contribution >= 4 is 50.1 Å². The molecule has 2 aliphatic rings. The van der Waals surface area contributed by atoms with Gasteiger partial charge >= 0.3 is 18.3 Å². The first-order valence-electron chi connectivity index (χ1n) is 20.3. The lowest BCUT2D eigenvalue weighted by Gasteiger charge is -2.32. The molecule has 3 atom stereocenters. The van der Waals surface area contributed by atoms with Crippen molar-refractivity contribution in [3.63, 3.8) is 0 Å². The molecule has 8 rings (SSSR count). The van der Waals surface area contributed by atoms with Crippen molar-refractivity contribution in [3.05, 3.63) is 101 Å². The number of aliphatic carboxylic acids is 1. The molecule has 0 bridgehead atoms. The number of rotatable bonds is 15. The van der Waals surface area contributed by atoms with Gasteiger partial charge in [-0.2, -0.15) is 35.8 Å². The summed E-state index contributed by atoms with van der Waals surface area (Å²) in [4.78, 5) is 24.8. The van der Waals surface area contributed by atoms with Crippen molar-refractivity contribution in [2.24, 2.45) is 5.92 Å². The molecular weight excluding hydrogens is 888 g/mol. The number of pyridine rings is 1. The molecule has 1 saturated heterocycles. The number of piperazine rings is 1. The van der Waals surface area contributed by atoms with Crippen LogP contribution in [0, 0.1) is 12.8 Å². The number of aromatic amines is 1. The van der Waals surface area contributed by atoms with E-state index in [1.807, 2.05) is 0 Å². The maximum absolute atomic E-state index is 14.0. The number of hydrogen-bond donors (Lipinski definition) is 2. The number of halogens is 7. The first-order valence-corrected chi connectivity index (χ1v) is 21.4. The Labute approximate surface area is 371 Å². The van der Waals surface area contributed by atoms with Crippen LogP contribution in [0.5, 0.6) is 11.6 Å². The summed E-state index contributed by atoms with van der Waals surface area (Å²) < 4.78 is 106. The van der Waals surface area contributed by atoms with Crippen molar-refractivity contribution < 1.29 is 50.5 Å². The molecule has 0 spiro atoms. The summed E-state index contributed by atoms with van der Waals surface area (Å²) in [5, 5.41) is 15.2. The van der Waals surface area contributed by atoms with Gasteiger partial charge in [0.1, 0.15) is 24.6 Å². The Morgan fingerprint density at radius 1 is 1.05 bits per heavy atom. The average molecular weight is 930 g/mol. The van der Waals surface area contributed by atoms with Gasteiger partial charge in [-0.25, -0.2) is 4.79 Å². The lowest BCUT2D eigenvalue weighted by Crippen LogP contribution is -2.45. The molecular formula is C44H42ClF6N7O5S. The number of nitrogens with one attached hydrogen (secondary N) is 1. The SMILES string of the molecule is Cc1c(-c2c(-c3cccc4[nH]c(C(F)(F)F)cc34)ncc3snc(OC(CC4C=CC=CC4OCc4ccnn4CC(F)(F)F)C(=O)O)c23)ccc(OCCN2CCN(C)CC2)c1Cl. The second-order valence-corrected chi connectivity index (χ2v) is 16.9. The van der Waals surface area contributed by atoms with E-state index in [2.05, 4.69) is 31.3 Å². The van der Waals surface area contributed by atoms with Crippen LogP contribution in [0.25, 0.3) is 43.4 Å². The molecule has 3 unspecified atom stereocenters. The molecule has 2 aromatic carbocycles. The van der Waals surface area contributed by atoms with E-state index in [9.17, 15) is 36.2 Å². The Bertz CT molecular complexity index is 2710. The first kappa shape index (κ1) is 45.1. The molecule has 12 nitrogen and oxygen atoms in total. The van der Waals surface area contributed by atoms with Crippen LogP contribution < -0.4 is 9.47 Å². The Hall–Kier alpha value is -5.47. The van der Waals surface area contributed by atoms with Gasteiger partial charge in [-0.15, -0.1) is 0 Å². The molecule has 4 aromatic heterocycles. The van der Waals surface area contributed by atoms with Crippen LogP contribution in [0.4, 0.5) is 26.3 Å². The molecule has 338 valence electrons. The quantitative estimate of drug-likeness (QED) is 0.0961. The number of carboxylic acid groups (broad SMARTS) is 1. The monoisotopic (exact) mass is 929 g/mol. The zero-order valence-electron chi connectivity index (χ0n) is 34.4. The van der Waals surface area contributed by atoms with Crippen molar-refractivity contribution in [1.29, 1.82) is 0 Å². The van der Waals surface area contributed by atoms with Crippen LogP contribution in [0.1, 0.15) is 23.4 Å². The highest BCUT2D eigenvalue weighted by Crippen LogP contribution is 2.48. The third kappa shape index (κ3) is 9.92. The van der Waals surface area contributed by atoms with Gasteiger partial charge in [0.2, 0.25) is 5.88 Å². The largest absolute Gasteiger partial charge is 0.491 e. The van der Waals surface area contributed by atoms with E-state index in [4.69, 9.17) is 30.8 Å². The number of carbonyl (C=O) groups is 1. The fraction of sp³-hybridized carbons (Fsp3) is 0.364. The molecule has 0 radical (unpaired) electrons. The summed E-state index contributed by atoms with van der Waals surface area (Å²) in [6, 6.07) is 10.7. The van der Waals surface area contributed by atoms with Crippen molar-refractivity contribution in [3.8, 4) is 34.0 Å². The van der Waals surface area contributed by atoms with Gasteiger partial charge < -0.3 is 29.2 Å². The Balaban J connectivity index is 1.15. The number of H-pyrrole nitrogens is 1. The number of aromatic nitrogens is 5. The lowest BCUT2D eigenvalue weighted by atomic mass is 9.91. The first-order chi connectivity index (χ1) is 30.5. The van der Waals surface area contributed by atoms with E-state index in [1.54, 1.807) is 55.5 Å². The molecule has 2 N–H and O–H groups in total. The third-order valence-electron chi connectivity index (χ3n) is 11.4. The summed E-state index contributed by atoms with van der Waals surface area (Å²) in [5.74, 6) is -1.54. The van der Waals surface area contributed by atoms with Crippen molar-refractivity contribution in [1.82, 2.24) is 33.9 Å². The Morgan fingerprint density at radius 3 is 2.58 bits per heavy atom. The van der Waals surface area contributed by atoms with E-state index >= 15 is 0 Å². The highest BCUT2D eigenvalue weighted by atomic mass is 35.5. The topological polar surface area (TPSA) is 131 Å². The average Bonchev–Trinajstić information content (AvgIpc) is 4.00. The van der Waals surface area contributed by atoms with Crippen molar-refractivity contribution in [2.75, 3.05) is 46.4 Å². The van der Waals surface area contributed by atoms with E-state index in [0.29, 0.717) is 56.3 Å². The van der Waals surface area contributed by atoms with E-state index in [1.165, 1.54) is 24.5 Å². The number of likely N-dealkylation sites (N-methyl/N-ethyl adjacent to an activating group) is 1. The molecule has 0 amide bonds. The van der Waals surface area contributed by atoms with Crippen LogP contribution in [-0.2, 0) is 28.9 Å². The number of hydrogen-bond acceptors (Lipinski definition) is 10. The van der Waals surface area contributed by atoms with Gasteiger partial charge in [-0.05, 0) is 60.9 Å². The van der Waals surface area contributed by atoms with Crippen molar-refractivity contribution in [2.45, 2.75) is 51.1 Å². The zero-order chi connectivity index (χ0) is 45.3. The second kappa shape index (κ2) is 18.6. The number of fused-ring (bicyclic) bond motifs is 2. The minimum atomic E-state index is -4.66. The lowest BCUT2D eigenvalue weighted by molar-refractivity contribution is -0.146. The van der Waals surface area contributed by atoms with E-state index in [0.717, 1.165) is 48.5 Å². The highest BCUT2D eigenvalue weighted by molar-refractivity contribution is 7.13. The normalized spacial score (nSPS) is 18.0. The molecule has 1 fully saturated rings. The number of allylic oxidation sites excluding steroid dienone is 2. The number of nitrogens with zero attached hydrogens (tertiary/aromatic N) is 6. The Morgan fingerprint density at radius 2 is 1.83 bits per heavy atom. The predicted molar refractivity (Wildman–Crippen MR) is 230 cm³/mol. The molecule has 0 saturated carbocycles. The molecule has 1 aliphatic carbocycles. The zero-order valence-corrected chi connectivity index (χ0v) is 36.0.